The smallest absolute Gasteiger partial charge is 0.323 e. The van der Waals surface area contributed by atoms with E-state index in [1.807, 2.05) is 45.0 Å². The van der Waals surface area contributed by atoms with Crippen LogP contribution in [0.1, 0.15) is 32.3 Å². The molecule has 3 rings (SSSR count). The van der Waals surface area contributed by atoms with Crippen LogP contribution in [-0.2, 0) is 4.79 Å². The predicted molar refractivity (Wildman–Crippen MR) is 127 cm³/mol. The lowest BCUT2D eigenvalue weighted by atomic mass is 9.97. The second-order valence-corrected chi connectivity index (χ2v) is 8.40. The number of rotatable bonds is 5. The SMILES string of the molecule is Cc1ccc(NC(=O)Nc2ccc(NC(=O)N3CCCC(C(=O)NC(C)C)C3)cc2)cc1. The standard InChI is InChI=1S/C24H31N5O3/c1-16(2)25-22(30)18-5-4-14-29(15-18)24(32)28-21-12-10-20(11-13-21)27-23(31)26-19-8-6-17(3)7-9-19/h6-13,16,18H,4-5,14-15H2,1-3H3,(H,25,30)(H,28,32)(H2,26,27,31). The number of carbonyl (C=O) groups is 3. The maximum absolute atomic E-state index is 12.7. The molecule has 2 aromatic carbocycles. The van der Waals surface area contributed by atoms with Gasteiger partial charge in [-0.25, -0.2) is 9.59 Å². The van der Waals surface area contributed by atoms with E-state index in [0.717, 1.165) is 18.4 Å². The van der Waals surface area contributed by atoms with E-state index < -0.39 is 0 Å². The minimum absolute atomic E-state index is 0.00292. The molecule has 1 atom stereocenters. The summed E-state index contributed by atoms with van der Waals surface area (Å²) >= 11 is 0. The average molecular weight is 438 g/mol. The van der Waals surface area contributed by atoms with Crippen LogP contribution in [0.25, 0.3) is 0 Å². The Hall–Kier alpha value is -3.55. The van der Waals surface area contributed by atoms with E-state index in [-0.39, 0.29) is 29.9 Å². The molecule has 32 heavy (non-hydrogen) atoms. The van der Waals surface area contributed by atoms with Gasteiger partial charge in [-0.2, -0.15) is 0 Å². The van der Waals surface area contributed by atoms with Crippen molar-refractivity contribution in [1.29, 1.82) is 0 Å². The average Bonchev–Trinajstić information content (AvgIpc) is 2.76. The lowest BCUT2D eigenvalue weighted by Crippen LogP contribution is -2.47. The summed E-state index contributed by atoms with van der Waals surface area (Å²) in [5.74, 6) is -0.188. The summed E-state index contributed by atoms with van der Waals surface area (Å²) in [5.41, 5.74) is 3.05. The van der Waals surface area contributed by atoms with Crippen LogP contribution < -0.4 is 21.3 Å². The number of amides is 5. The number of nitrogens with zero attached hydrogens (tertiary/aromatic N) is 1. The Kier molecular flexibility index (Phi) is 7.70. The molecule has 0 bridgehead atoms. The zero-order valence-corrected chi connectivity index (χ0v) is 18.8. The first-order valence-electron chi connectivity index (χ1n) is 10.9. The third kappa shape index (κ3) is 6.73. The van der Waals surface area contributed by atoms with Gasteiger partial charge >= 0.3 is 12.1 Å². The minimum atomic E-state index is -0.343. The Balaban J connectivity index is 1.50. The third-order valence-corrected chi connectivity index (χ3v) is 5.21. The van der Waals surface area contributed by atoms with Gasteiger partial charge in [0.2, 0.25) is 5.91 Å². The lowest BCUT2D eigenvalue weighted by molar-refractivity contribution is -0.126. The molecule has 170 valence electrons. The van der Waals surface area contributed by atoms with Gasteiger partial charge in [-0.15, -0.1) is 0 Å². The first-order chi connectivity index (χ1) is 15.3. The van der Waals surface area contributed by atoms with Crippen molar-refractivity contribution in [1.82, 2.24) is 10.2 Å². The molecule has 0 aliphatic carbocycles. The Morgan fingerprint density at radius 3 is 1.97 bits per heavy atom. The molecule has 5 amide bonds. The summed E-state index contributed by atoms with van der Waals surface area (Å²) < 4.78 is 0. The molecule has 0 radical (unpaired) electrons. The monoisotopic (exact) mass is 437 g/mol. The van der Waals surface area contributed by atoms with Crippen molar-refractivity contribution >= 4 is 35.0 Å². The number of nitrogens with one attached hydrogen (secondary N) is 4. The molecule has 0 saturated carbocycles. The van der Waals surface area contributed by atoms with Crippen LogP contribution in [0.2, 0.25) is 0 Å². The van der Waals surface area contributed by atoms with Gasteiger partial charge in [-0.1, -0.05) is 17.7 Å². The normalized spacial score (nSPS) is 15.8. The zero-order valence-electron chi connectivity index (χ0n) is 18.8. The van der Waals surface area contributed by atoms with Crippen molar-refractivity contribution in [3.63, 3.8) is 0 Å². The predicted octanol–water partition coefficient (Wildman–Crippen LogP) is 4.41. The van der Waals surface area contributed by atoms with Crippen molar-refractivity contribution in [3.05, 3.63) is 54.1 Å². The maximum atomic E-state index is 12.7. The van der Waals surface area contributed by atoms with Crippen LogP contribution in [0.15, 0.2) is 48.5 Å². The van der Waals surface area contributed by atoms with Crippen molar-refractivity contribution in [2.45, 2.75) is 39.7 Å². The Bertz CT molecular complexity index is 941. The van der Waals surface area contributed by atoms with E-state index in [4.69, 9.17) is 0 Å². The molecule has 0 spiro atoms. The number of aryl methyl sites for hydroxylation is 1. The number of likely N-dealkylation sites (tertiary alicyclic amines) is 1. The summed E-state index contributed by atoms with van der Waals surface area (Å²) in [5, 5.41) is 11.3. The summed E-state index contributed by atoms with van der Waals surface area (Å²) in [4.78, 5) is 38.8. The number of anilines is 3. The van der Waals surface area contributed by atoms with Gasteiger partial charge in [-0.3, -0.25) is 4.79 Å². The first-order valence-corrected chi connectivity index (χ1v) is 10.9. The fraction of sp³-hybridized carbons (Fsp3) is 0.375. The van der Waals surface area contributed by atoms with Crippen molar-refractivity contribution in [2.75, 3.05) is 29.0 Å². The van der Waals surface area contributed by atoms with E-state index in [2.05, 4.69) is 21.3 Å². The first kappa shape index (κ1) is 23.1. The van der Waals surface area contributed by atoms with Gasteiger partial charge < -0.3 is 26.2 Å². The Morgan fingerprint density at radius 2 is 1.41 bits per heavy atom. The van der Waals surface area contributed by atoms with Gasteiger partial charge in [0, 0.05) is 36.2 Å². The number of carbonyl (C=O) groups excluding carboxylic acids is 3. The molecule has 8 nitrogen and oxygen atoms in total. The molecule has 8 heteroatoms. The number of urea groups is 2. The summed E-state index contributed by atoms with van der Waals surface area (Å²) in [7, 11) is 0. The Morgan fingerprint density at radius 1 is 0.875 bits per heavy atom. The van der Waals surface area contributed by atoms with Gasteiger partial charge in [0.05, 0.1) is 5.92 Å². The minimum Gasteiger partial charge on any atom is -0.354 e. The highest BCUT2D eigenvalue weighted by Crippen LogP contribution is 2.19. The molecule has 1 unspecified atom stereocenters. The maximum Gasteiger partial charge on any atom is 0.323 e. The summed E-state index contributed by atoms with van der Waals surface area (Å²) in [6.45, 7) is 6.86. The summed E-state index contributed by atoms with van der Waals surface area (Å²) in [6.07, 6.45) is 1.58. The van der Waals surface area contributed by atoms with Crippen LogP contribution in [0.3, 0.4) is 0 Å². The molecule has 2 aromatic rings. The van der Waals surface area contributed by atoms with Crippen LogP contribution in [0, 0.1) is 12.8 Å². The van der Waals surface area contributed by atoms with Crippen LogP contribution in [0.5, 0.6) is 0 Å². The van der Waals surface area contributed by atoms with Crippen molar-refractivity contribution in [2.24, 2.45) is 5.92 Å². The number of hydrogen-bond acceptors (Lipinski definition) is 3. The van der Waals surface area contributed by atoms with Gasteiger partial charge in [0.15, 0.2) is 0 Å². The fourth-order valence-corrected chi connectivity index (χ4v) is 3.55. The van der Waals surface area contributed by atoms with Gasteiger partial charge in [0.1, 0.15) is 0 Å². The molecule has 1 aliphatic heterocycles. The Labute approximate surface area is 188 Å². The molecule has 0 aromatic heterocycles. The fourth-order valence-electron chi connectivity index (χ4n) is 3.55. The number of hydrogen-bond donors (Lipinski definition) is 4. The highest BCUT2D eigenvalue weighted by Gasteiger charge is 2.28. The zero-order chi connectivity index (χ0) is 23.1. The number of piperidine rings is 1. The van der Waals surface area contributed by atoms with E-state index in [1.165, 1.54) is 0 Å². The van der Waals surface area contributed by atoms with E-state index in [0.29, 0.717) is 30.2 Å². The lowest BCUT2D eigenvalue weighted by Gasteiger charge is -2.32. The largest absolute Gasteiger partial charge is 0.354 e. The van der Waals surface area contributed by atoms with E-state index >= 15 is 0 Å². The topological polar surface area (TPSA) is 103 Å². The number of benzene rings is 2. The van der Waals surface area contributed by atoms with Gasteiger partial charge in [-0.05, 0) is 70.0 Å². The van der Waals surface area contributed by atoms with Crippen LogP contribution in [0.4, 0.5) is 26.7 Å². The second kappa shape index (κ2) is 10.7. The molecule has 4 N–H and O–H groups in total. The molecule has 1 saturated heterocycles. The van der Waals surface area contributed by atoms with E-state index in [9.17, 15) is 14.4 Å². The molecule has 1 aliphatic rings. The van der Waals surface area contributed by atoms with Crippen LogP contribution >= 0.6 is 0 Å². The van der Waals surface area contributed by atoms with E-state index in [1.54, 1.807) is 29.2 Å². The molecule has 1 heterocycles. The van der Waals surface area contributed by atoms with Crippen molar-refractivity contribution < 1.29 is 14.4 Å². The molecular weight excluding hydrogens is 406 g/mol. The third-order valence-electron chi connectivity index (χ3n) is 5.21. The van der Waals surface area contributed by atoms with Gasteiger partial charge in [0.25, 0.3) is 0 Å². The highest BCUT2D eigenvalue weighted by atomic mass is 16.2. The molecule has 1 fully saturated rings. The summed E-state index contributed by atoms with van der Waals surface area (Å²) in [6, 6.07) is 13.9. The van der Waals surface area contributed by atoms with Crippen molar-refractivity contribution in [3.8, 4) is 0 Å². The second-order valence-electron chi connectivity index (χ2n) is 8.40. The van der Waals surface area contributed by atoms with Crippen LogP contribution in [-0.4, -0.2) is 42.0 Å². The quantitative estimate of drug-likeness (QED) is 0.557. The molecular formula is C24H31N5O3. The highest BCUT2D eigenvalue weighted by molar-refractivity contribution is 6.00.